The van der Waals surface area contributed by atoms with Crippen molar-refractivity contribution in [2.45, 2.75) is 17.6 Å². The molecule has 1 amide bonds. The maximum Gasteiger partial charge on any atom is 0.295 e. The van der Waals surface area contributed by atoms with Gasteiger partial charge < -0.3 is 5.32 Å². The molecule has 1 heterocycles. The summed E-state index contributed by atoms with van der Waals surface area (Å²) in [5.74, 6) is 0.469. The molecule has 0 aliphatic rings. The van der Waals surface area contributed by atoms with E-state index in [1.165, 1.54) is 0 Å². The van der Waals surface area contributed by atoms with Gasteiger partial charge in [0.1, 0.15) is 5.69 Å². The molecule has 0 aliphatic carbocycles. The molecular weight excluding hydrogens is 442 g/mol. The first kappa shape index (κ1) is 22.0. The van der Waals surface area contributed by atoms with E-state index in [1.807, 2.05) is 73.7 Å². The molecule has 0 aliphatic heterocycles. The highest BCUT2D eigenvalue weighted by atomic mass is 35.5. The van der Waals surface area contributed by atoms with Crippen LogP contribution in [0, 0.1) is 6.92 Å². The van der Waals surface area contributed by atoms with Gasteiger partial charge in [0.25, 0.3) is 11.5 Å². The van der Waals surface area contributed by atoms with E-state index in [9.17, 15) is 9.59 Å². The van der Waals surface area contributed by atoms with E-state index < -0.39 is 0 Å². The van der Waals surface area contributed by atoms with Crippen molar-refractivity contribution in [2.75, 3.05) is 5.32 Å². The summed E-state index contributed by atoms with van der Waals surface area (Å²) in [5.41, 5.74) is 3.04. The van der Waals surface area contributed by atoms with Crippen LogP contribution in [0.4, 0.5) is 5.69 Å². The van der Waals surface area contributed by atoms with Gasteiger partial charge in [0.15, 0.2) is 0 Å². The van der Waals surface area contributed by atoms with Crippen LogP contribution in [0.3, 0.4) is 0 Å². The summed E-state index contributed by atoms with van der Waals surface area (Å²) in [7, 11) is 1.80. The highest BCUT2D eigenvalue weighted by Gasteiger charge is 2.18. The summed E-state index contributed by atoms with van der Waals surface area (Å²) in [6.07, 6.45) is 0. The van der Waals surface area contributed by atoms with Gasteiger partial charge in [-0.05, 0) is 61.0 Å². The normalized spacial score (nSPS) is 10.8. The SMILES string of the molecule is Cc1c(NC(=O)c2ccc(CSc3ccc(Cl)cc3)cc2)c(=O)n(-c2ccccc2)n1C. The Balaban J connectivity index is 1.47. The van der Waals surface area contributed by atoms with Crippen molar-refractivity contribution in [3.8, 4) is 5.69 Å². The Morgan fingerprint density at radius 2 is 1.62 bits per heavy atom. The number of nitrogens with zero attached hydrogens (tertiary/aromatic N) is 2. The molecule has 162 valence electrons. The highest BCUT2D eigenvalue weighted by molar-refractivity contribution is 7.98. The average Bonchev–Trinajstić information content (AvgIpc) is 3.02. The highest BCUT2D eigenvalue weighted by Crippen LogP contribution is 2.24. The minimum atomic E-state index is -0.312. The van der Waals surface area contributed by atoms with Crippen molar-refractivity contribution in [1.82, 2.24) is 9.36 Å². The lowest BCUT2D eigenvalue weighted by Crippen LogP contribution is -2.22. The van der Waals surface area contributed by atoms with Crippen LogP contribution in [0.15, 0.2) is 88.6 Å². The zero-order chi connectivity index (χ0) is 22.7. The second-order valence-electron chi connectivity index (χ2n) is 7.33. The number of hydrogen-bond acceptors (Lipinski definition) is 3. The largest absolute Gasteiger partial charge is 0.316 e. The van der Waals surface area contributed by atoms with E-state index in [0.29, 0.717) is 16.3 Å². The molecule has 0 bridgehead atoms. The molecule has 0 unspecified atom stereocenters. The summed E-state index contributed by atoms with van der Waals surface area (Å²) < 4.78 is 3.28. The monoisotopic (exact) mass is 463 g/mol. The molecular formula is C25H22ClN3O2S. The molecule has 0 saturated carbocycles. The van der Waals surface area contributed by atoms with Crippen LogP contribution in [-0.4, -0.2) is 15.3 Å². The Morgan fingerprint density at radius 1 is 0.969 bits per heavy atom. The molecule has 0 saturated heterocycles. The first-order chi connectivity index (χ1) is 15.4. The minimum absolute atomic E-state index is 0.263. The first-order valence-electron chi connectivity index (χ1n) is 10.1. The van der Waals surface area contributed by atoms with Crippen LogP contribution >= 0.6 is 23.4 Å². The van der Waals surface area contributed by atoms with E-state index >= 15 is 0 Å². The number of carbonyl (C=O) groups is 1. The van der Waals surface area contributed by atoms with Gasteiger partial charge in [0.2, 0.25) is 0 Å². The Morgan fingerprint density at radius 3 is 2.28 bits per heavy atom. The molecule has 4 rings (SSSR count). The molecule has 4 aromatic rings. The van der Waals surface area contributed by atoms with Crippen molar-refractivity contribution in [2.24, 2.45) is 7.05 Å². The topological polar surface area (TPSA) is 56.0 Å². The number of amides is 1. The van der Waals surface area contributed by atoms with E-state index in [-0.39, 0.29) is 17.2 Å². The van der Waals surface area contributed by atoms with Gasteiger partial charge >= 0.3 is 0 Å². The third kappa shape index (κ3) is 4.66. The number of benzene rings is 3. The van der Waals surface area contributed by atoms with Crippen LogP contribution < -0.4 is 10.9 Å². The number of nitrogens with one attached hydrogen (secondary N) is 1. The third-order valence-electron chi connectivity index (χ3n) is 5.23. The lowest BCUT2D eigenvalue weighted by molar-refractivity contribution is 0.102. The fraction of sp³-hybridized carbons (Fsp3) is 0.120. The number of halogens is 1. The number of aromatic nitrogens is 2. The number of thioether (sulfide) groups is 1. The Kier molecular flexibility index (Phi) is 6.53. The van der Waals surface area contributed by atoms with Crippen molar-refractivity contribution in [3.63, 3.8) is 0 Å². The second-order valence-corrected chi connectivity index (χ2v) is 8.82. The fourth-order valence-electron chi connectivity index (χ4n) is 3.35. The summed E-state index contributed by atoms with van der Waals surface area (Å²) in [6.45, 7) is 1.81. The molecule has 32 heavy (non-hydrogen) atoms. The Labute approximate surface area is 195 Å². The zero-order valence-corrected chi connectivity index (χ0v) is 19.3. The van der Waals surface area contributed by atoms with Crippen LogP contribution in [0.2, 0.25) is 5.02 Å². The molecule has 0 atom stereocenters. The number of carbonyl (C=O) groups excluding carboxylic acids is 1. The predicted molar refractivity (Wildman–Crippen MR) is 131 cm³/mol. The van der Waals surface area contributed by atoms with E-state index in [4.69, 9.17) is 11.6 Å². The minimum Gasteiger partial charge on any atom is -0.316 e. The molecule has 0 spiro atoms. The lowest BCUT2D eigenvalue weighted by atomic mass is 10.1. The summed E-state index contributed by atoms with van der Waals surface area (Å²) in [6, 6.07) is 24.5. The quantitative estimate of drug-likeness (QED) is 0.374. The smallest absolute Gasteiger partial charge is 0.295 e. The summed E-state index contributed by atoms with van der Waals surface area (Å²) >= 11 is 7.62. The molecule has 7 heteroatoms. The van der Waals surface area contributed by atoms with Gasteiger partial charge in [0, 0.05) is 28.3 Å². The van der Waals surface area contributed by atoms with Crippen LogP contribution in [0.25, 0.3) is 5.69 Å². The second kappa shape index (κ2) is 9.51. The van der Waals surface area contributed by atoms with Gasteiger partial charge in [-0.15, -0.1) is 11.8 Å². The summed E-state index contributed by atoms with van der Waals surface area (Å²) in [4.78, 5) is 26.9. The third-order valence-corrected chi connectivity index (χ3v) is 6.56. The van der Waals surface area contributed by atoms with E-state index in [2.05, 4.69) is 5.32 Å². The van der Waals surface area contributed by atoms with Gasteiger partial charge in [-0.3, -0.25) is 14.3 Å². The zero-order valence-electron chi connectivity index (χ0n) is 17.7. The van der Waals surface area contributed by atoms with Crippen LogP contribution in [0.1, 0.15) is 21.6 Å². The molecule has 0 radical (unpaired) electrons. The van der Waals surface area contributed by atoms with Crippen molar-refractivity contribution in [1.29, 1.82) is 0 Å². The van der Waals surface area contributed by atoms with Crippen LogP contribution in [-0.2, 0) is 12.8 Å². The fourth-order valence-corrected chi connectivity index (χ4v) is 4.33. The summed E-state index contributed by atoms with van der Waals surface area (Å²) in [5, 5.41) is 3.51. The van der Waals surface area contributed by atoms with Crippen molar-refractivity contribution >= 4 is 35.0 Å². The van der Waals surface area contributed by atoms with Crippen molar-refractivity contribution in [3.05, 3.63) is 111 Å². The molecule has 0 fully saturated rings. The van der Waals surface area contributed by atoms with Crippen molar-refractivity contribution < 1.29 is 4.79 Å². The number of hydrogen-bond donors (Lipinski definition) is 1. The molecule has 3 aromatic carbocycles. The molecule has 1 N–H and O–H groups in total. The Bertz CT molecular complexity index is 1290. The lowest BCUT2D eigenvalue weighted by Gasteiger charge is -2.07. The van der Waals surface area contributed by atoms with Gasteiger partial charge in [-0.2, -0.15) is 0 Å². The first-order valence-corrected chi connectivity index (χ1v) is 11.4. The van der Waals surface area contributed by atoms with E-state index in [0.717, 1.165) is 21.9 Å². The number of anilines is 1. The van der Waals surface area contributed by atoms with Gasteiger partial charge in [0.05, 0.1) is 11.4 Å². The number of rotatable bonds is 6. The predicted octanol–water partition coefficient (Wildman–Crippen LogP) is 5.68. The maximum absolute atomic E-state index is 13.0. The Hall–Kier alpha value is -3.22. The average molecular weight is 464 g/mol. The van der Waals surface area contributed by atoms with E-state index in [1.54, 1.807) is 40.3 Å². The maximum atomic E-state index is 13.0. The molecule has 5 nitrogen and oxygen atoms in total. The van der Waals surface area contributed by atoms with Gasteiger partial charge in [-0.25, -0.2) is 4.68 Å². The van der Waals surface area contributed by atoms with Gasteiger partial charge in [-0.1, -0.05) is 41.9 Å². The molecule has 1 aromatic heterocycles. The number of para-hydroxylation sites is 1. The van der Waals surface area contributed by atoms with Crippen LogP contribution in [0.5, 0.6) is 0 Å². The standard InChI is InChI=1S/C25H22ClN3O2S/c1-17-23(25(31)29(28(17)2)21-6-4-3-5-7-21)27-24(30)19-10-8-18(9-11-19)16-32-22-14-12-20(26)13-15-22/h3-15H,16H2,1-2H3,(H,27,30).